The number of carbonyl (C=O) groups excluding carboxylic acids is 1. The molecule has 1 heterocycles. The van der Waals surface area contributed by atoms with E-state index < -0.39 is 0 Å². The number of hydrogen-bond acceptors (Lipinski definition) is 4. The Hall–Kier alpha value is -2.56. The summed E-state index contributed by atoms with van der Waals surface area (Å²) in [6, 6.07) is 11.1. The molecule has 0 aliphatic heterocycles. The zero-order valence-electron chi connectivity index (χ0n) is 13.0. The molecule has 0 spiro atoms. The molecule has 22 heavy (non-hydrogen) atoms. The van der Waals surface area contributed by atoms with Gasteiger partial charge in [0.15, 0.2) is 6.61 Å². The predicted molar refractivity (Wildman–Crippen MR) is 84.0 cm³/mol. The smallest absolute Gasteiger partial charge is 0.258 e. The molecule has 1 aromatic heterocycles. The minimum Gasteiger partial charge on any atom is -0.496 e. The number of aryl methyl sites for hydroxylation is 1. The van der Waals surface area contributed by atoms with E-state index in [0.29, 0.717) is 5.75 Å². The summed E-state index contributed by atoms with van der Waals surface area (Å²) >= 11 is 0. The molecule has 116 valence electrons. The van der Waals surface area contributed by atoms with Crippen LogP contribution in [0.25, 0.3) is 0 Å². The lowest BCUT2D eigenvalue weighted by Crippen LogP contribution is -2.31. The molecule has 1 N–H and O–H groups in total. The number of benzene rings is 1. The minimum absolute atomic E-state index is 0.0514. The minimum atomic E-state index is -0.195. The third-order valence-electron chi connectivity index (χ3n) is 3.24. The van der Waals surface area contributed by atoms with Gasteiger partial charge in [-0.25, -0.2) is 0 Å². The molecular weight excluding hydrogens is 280 g/mol. The topological polar surface area (TPSA) is 60.5 Å². The number of nitrogens with one attached hydrogen (secondary N) is 1. The number of aromatic nitrogens is 1. The van der Waals surface area contributed by atoms with Gasteiger partial charge in [-0.05, 0) is 32.0 Å². The average Bonchev–Trinajstić information content (AvgIpc) is 2.54. The van der Waals surface area contributed by atoms with Crippen molar-refractivity contribution in [3.63, 3.8) is 0 Å². The molecule has 0 fully saturated rings. The second-order valence-corrected chi connectivity index (χ2v) is 4.96. The Balaban J connectivity index is 1.90. The summed E-state index contributed by atoms with van der Waals surface area (Å²) in [6.45, 7) is 3.75. The molecule has 0 radical (unpaired) electrons. The Bertz CT molecular complexity index is 626. The van der Waals surface area contributed by atoms with Crippen molar-refractivity contribution in [3.8, 4) is 11.5 Å². The van der Waals surface area contributed by atoms with Gasteiger partial charge in [0.25, 0.3) is 5.91 Å². The van der Waals surface area contributed by atoms with Gasteiger partial charge in [0.1, 0.15) is 11.5 Å². The molecule has 1 atom stereocenters. The van der Waals surface area contributed by atoms with Crippen molar-refractivity contribution in [1.29, 1.82) is 0 Å². The SMILES string of the molecule is COc1ccccc1[C@@H](C)NC(=O)COc1ccc(C)nc1. The van der Waals surface area contributed by atoms with Gasteiger partial charge in [-0.1, -0.05) is 18.2 Å². The highest BCUT2D eigenvalue weighted by Crippen LogP contribution is 2.24. The van der Waals surface area contributed by atoms with Crippen molar-refractivity contribution in [2.75, 3.05) is 13.7 Å². The fourth-order valence-corrected chi connectivity index (χ4v) is 2.07. The number of methoxy groups -OCH3 is 1. The Morgan fingerprint density at radius 1 is 1.27 bits per heavy atom. The number of hydrogen-bond donors (Lipinski definition) is 1. The van der Waals surface area contributed by atoms with E-state index in [2.05, 4.69) is 10.3 Å². The summed E-state index contributed by atoms with van der Waals surface area (Å²) in [5.74, 6) is 1.13. The zero-order chi connectivity index (χ0) is 15.9. The van der Waals surface area contributed by atoms with E-state index in [-0.39, 0.29) is 18.6 Å². The normalized spacial score (nSPS) is 11.6. The Morgan fingerprint density at radius 2 is 2.05 bits per heavy atom. The van der Waals surface area contributed by atoms with Crippen LogP contribution in [0.3, 0.4) is 0 Å². The first-order valence-electron chi connectivity index (χ1n) is 7.08. The van der Waals surface area contributed by atoms with Crippen LogP contribution in [0.5, 0.6) is 11.5 Å². The molecule has 2 rings (SSSR count). The van der Waals surface area contributed by atoms with Crippen molar-refractivity contribution in [1.82, 2.24) is 10.3 Å². The maximum Gasteiger partial charge on any atom is 0.258 e. The molecule has 0 saturated heterocycles. The van der Waals surface area contributed by atoms with Crippen LogP contribution >= 0.6 is 0 Å². The summed E-state index contributed by atoms with van der Waals surface area (Å²) in [5.41, 5.74) is 1.83. The Kier molecular flexibility index (Phi) is 5.36. The maximum absolute atomic E-state index is 12.0. The van der Waals surface area contributed by atoms with Gasteiger partial charge in [-0.2, -0.15) is 0 Å². The molecular formula is C17H20N2O3. The lowest BCUT2D eigenvalue weighted by atomic mass is 10.1. The number of carbonyl (C=O) groups is 1. The van der Waals surface area contributed by atoms with Crippen molar-refractivity contribution in [3.05, 3.63) is 53.9 Å². The van der Waals surface area contributed by atoms with Gasteiger partial charge < -0.3 is 14.8 Å². The summed E-state index contributed by atoms with van der Waals surface area (Å²) in [7, 11) is 1.61. The van der Waals surface area contributed by atoms with E-state index in [0.717, 1.165) is 17.0 Å². The van der Waals surface area contributed by atoms with Crippen LogP contribution in [-0.2, 0) is 4.79 Å². The van der Waals surface area contributed by atoms with Gasteiger partial charge in [-0.15, -0.1) is 0 Å². The third-order valence-corrected chi connectivity index (χ3v) is 3.24. The molecule has 0 bridgehead atoms. The molecule has 0 saturated carbocycles. The molecule has 5 nitrogen and oxygen atoms in total. The zero-order valence-corrected chi connectivity index (χ0v) is 13.0. The highest BCUT2D eigenvalue weighted by Gasteiger charge is 2.13. The van der Waals surface area contributed by atoms with Gasteiger partial charge in [0.2, 0.25) is 0 Å². The van der Waals surface area contributed by atoms with Crippen molar-refractivity contribution in [2.24, 2.45) is 0 Å². The van der Waals surface area contributed by atoms with Gasteiger partial charge in [-0.3, -0.25) is 9.78 Å². The summed E-state index contributed by atoms with van der Waals surface area (Å²) in [5, 5.41) is 2.89. The molecule has 1 aromatic carbocycles. The predicted octanol–water partition coefficient (Wildman–Crippen LogP) is 2.65. The Labute approximate surface area is 130 Å². The second-order valence-electron chi connectivity index (χ2n) is 4.96. The lowest BCUT2D eigenvalue weighted by Gasteiger charge is -2.17. The number of ether oxygens (including phenoxy) is 2. The third kappa shape index (κ3) is 4.22. The number of pyridine rings is 1. The molecule has 1 amide bonds. The molecule has 2 aromatic rings. The summed E-state index contributed by atoms with van der Waals surface area (Å²) in [6.07, 6.45) is 1.60. The maximum atomic E-state index is 12.0. The quantitative estimate of drug-likeness (QED) is 0.891. The average molecular weight is 300 g/mol. The van der Waals surface area contributed by atoms with Gasteiger partial charge in [0, 0.05) is 11.3 Å². The van der Waals surface area contributed by atoms with Crippen LogP contribution in [0.15, 0.2) is 42.6 Å². The number of para-hydroxylation sites is 1. The van der Waals surface area contributed by atoms with E-state index in [1.807, 2.05) is 44.2 Å². The largest absolute Gasteiger partial charge is 0.496 e. The summed E-state index contributed by atoms with van der Waals surface area (Å²) in [4.78, 5) is 16.1. The van der Waals surface area contributed by atoms with E-state index in [1.165, 1.54) is 0 Å². The fourth-order valence-electron chi connectivity index (χ4n) is 2.07. The van der Waals surface area contributed by atoms with Gasteiger partial charge >= 0.3 is 0 Å². The fraction of sp³-hybridized carbons (Fsp3) is 0.294. The van der Waals surface area contributed by atoms with Crippen molar-refractivity contribution >= 4 is 5.91 Å². The van der Waals surface area contributed by atoms with E-state index in [4.69, 9.17) is 9.47 Å². The molecule has 5 heteroatoms. The molecule has 0 aliphatic rings. The monoisotopic (exact) mass is 300 g/mol. The first-order valence-corrected chi connectivity index (χ1v) is 7.08. The second kappa shape index (κ2) is 7.45. The Morgan fingerprint density at radius 3 is 2.73 bits per heavy atom. The van der Waals surface area contributed by atoms with E-state index >= 15 is 0 Å². The van der Waals surface area contributed by atoms with Crippen LogP contribution < -0.4 is 14.8 Å². The van der Waals surface area contributed by atoms with Crippen LogP contribution in [0, 0.1) is 6.92 Å². The highest BCUT2D eigenvalue weighted by molar-refractivity contribution is 5.78. The highest BCUT2D eigenvalue weighted by atomic mass is 16.5. The van der Waals surface area contributed by atoms with Crippen molar-refractivity contribution < 1.29 is 14.3 Å². The standard InChI is InChI=1S/C17H20N2O3/c1-12-8-9-14(10-18-12)22-11-17(20)19-13(2)15-6-4-5-7-16(15)21-3/h4-10,13H,11H2,1-3H3,(H,19,20)/t13-/m1/s1. The number of nitrogens with zero attached hydrogens (tertiary/aromatic N) is 1. The summed E-state index contributed by atoms with van der Waals surface area (Å²) < 4.78 is 10.7. The van der Waals surface area contributed by atoms with Gasteiger partial charge in [0.05, 0.1) is 19.3 Å². The number of rotatable bonds is 6. The van der Waals surface area contributed by atoms with Crippen LogP contribution in [-0.4, -0.2) is 24.6 Å². The van der Waals surface area contributed by atoms with Crippen LogP contribution in [0.1, 0.15) is 24.2 Å². The lowest BCUT2D eigenvalue weighted by molar-refractivity contribution is -0.123. The number of amides is 1. The van der Waals surface area contributed by atoms with Crippen molar-refractivity contribution in [2.45, 2.75) is 19.9 Å². The molecule has 0 unspecified atom stereocenters. The first kappa shape index (κ1) is 15.8. The first-order chi connectivity index (χ1) is 10.6. The van der Waals surface area contributed by atoms with E-state index in [1.54, 1.807) is 19.4 Å². The van der Waals surface area contributed by atoms with Crippen LogP contribution in [0.4, 0.5) is 0 Å². The molecule has 0 aliphatic carbocycles. The van der Waals surface area contributed by atoms with E-state index in [9.17, 15) is 4.79 Å². The van der Waals surface area contributed by atoms with Crippen LogP contribution in [0.2, 0.25) is 0 Å².